The van der Waals surface area contributed by atoms with E-state index in [0.29, 0.717) is 17.8 Å². The van der Waals surface area contributed by atoms with Gasteiger partial charge in [0.05, 0.1) is 6.33 Å². The lowest BCUT2D eigenvalue weighted by atomic mass is 10.4. The van der Waals surface area contributed by atoms with Crippen molar-refractivity contribution in [2.45, 2.75) is 33.4 Å². The maximum atomic E-state index is 12.5. The molecule has 1 unspecified atom stereocenters. The maximum absolute atomic E-state index is 12.5. The Morgan fingerprint density at radius 3 is 2.71 bits per heavy atom. The van der Waals surface area contributed by atoms with Crippen molar-refractivity contribution >= 4 is 19.4 Å². The van der Waals surface area contributed by atoms with Crippen LogP contribution in [0.25, 0.3) is 11.2 Å². The number of aromatic nitrogens is 4. The van der Waals surface area contributed by atoms with Crippen molar-refractivity contribution < 1.29 is 18.5 Å². The van der Waals surface area contributed by atoms with Gasteiger partial charge >= 0.3 is 19.5 Å². The van der Waals surface area contributed by atoms with Gasteiger partial charge in [0.1, 0.15) is 13.3 Å². The van der Waals surface area contributed by atoms with Gasteiger partial charge in [-0.05, 0) is 18.1 Å². The highest BCUT2D eigenvalue weighted by Crippen LogP contribution is 2.19. The van der Waals surface area contributed by atoms with E-state index in [2.05, 4.69) is 4.98 Å². The van der Waals surface area contributed by atoms with Gasteiger partial charge in [0.15, 0.2) is 11.2 Å². The van der Waals surface area contributed by atoms with E-state index in [1.54, 1.807) is 0 Å². The third-order valence-electron chi connectivity index (χ3n) is 3.26. The first-order valence-electron chi connectivity index (χ1n) is 7.54. The Morgan fingerprint density at radius 2 is 2.04 bits per heavy atom. The summed E-state index contributed by atoms with van der Waals surface area (Å²) in [6.07, 6.45) is 2.94. The summed E-state index contributed by atoms with van der Waals surface area (Å²) in [6, 6.07) is 0. The summed E-state index contributed by atoms with van der Waals surface area (Å²) in [4.78, 5) is 28.8. The van der Waals surface area contributed by atoms with Gasteiger partial charge in [-0.1, -0.05) is 13.3 Å². The lowest BCUT2D eigenvalue weighted by Crippen LogP contribution is -2.42. The number of rotatable bonds is 9. The van der Waals surface area contributed by atoms with Crippen LogP contribution in [-0.4, -0.2) is 32.1 Å². The van der Waals surface area contributed by atoms with Crippen molar-refractivity contribution in [3.05, 3.63) is 27.2 Å². The molecular formula is C13H20N4O6P+. The monoisotopic (exact) mass is 359 g/mol. The second kappa shape index (κ2) is 8.18. The normalized spacial score (nSPS) is 11.9. The van der Waals surface area contributed by atoms with E-state index in [4.69, 9.17) is 13.9 Å². The third-order valence-corrected chi connectivity index (χ3v) is 3.95. The van der Waals surface area contributed by atoms with Gasteiger partial charge in [0.25, 0.3) is 0 Å². The number of nitrogens with zero attached hydrogens (tertiary/aromatic N) is 4. The molecule has 0 aromatic carbocycles. The predicted octanol–water partition coefficient (Wildman–Crippen LogP) is 0.793. The van der Waals surface area contributed by atoms with Crippen LogP contribution in [0.4, 0.5) is 0 Å². The Hall–Kier alpha value is -2.03. The molecule has 24 heavy (non-hydrogen) atoms. The number of hydrogen-bond acceptors (Lipinski definition) is 7. The van der Waals surface area contributed by atoms with Crippen LogP contribution in [0.5, 0.6) is 0 Å². The van der Waals surface area contributed by atoms with Crippen molar-refractivity contribution in [1.29, 1.82) is 0 Å². The van der Waals surface area contributed by atoms with Crippen LogP contribution in [0, 0.1) is 0 Å². The van der Waals surface area contributed by atoms with Gasteiger partial charge in [-0.15, -0.1) is 9.15 Å². The molecule has 2 heterocycles. The van der Waals surface area contributed by atoms with Crippen LogP contribution in [-0.2, 0) is 27.6 Å². The number of unbranched alkanes of at least 4 members (excludes halogenated alkanes) is 1. The molecule has 0 aliphatic heterocycles. The fraction of sp³-hybridized carbons (Fsp3) is 0.615. The van der Waals surface area contributed by atoms with Crippen molar-refractivity contribution in [2.24, 2.45) is 7.05 Å². The Kier molecular flexibility index (Phi) is 6.24. The summed E-state index contributed by atoms with van der Waals surface area (Å²) < 4.78 is 29.9. The molecular weight excluding hydrogens is 339 g/mol. The standard InChI is InChI=1S/C13H20N4O6P/c1-4-6-7-22-24(20)23-17-12(18)10-11(15(3)13(17)19)14-8-16(10)9-21-5-2/h8H,4-7,9H2,1-3H3/q+1. The van der Waals surface area contributed by atoms with Crippen LogP contribution in [0.3, 0.4) is 0 Å². The fourth-order valence-corrected chi connectivity index (χ4v) is 2.58. The first-order valence-corrected chi connectivity index (χ1v) is 8.64. The average Bonchev–Trinajstić information content (AvgIpc) is 2.99. The molecule has 0 spiro atoms. The van der Waals surface area contributed by atoms with Gasteiger partial charge in [-0.2, -0.15) is 0 Å². The third kappa shape index (κ3) is 3.72. The zero-order valence-electron chi connectivity index (χ0n) is 13.8. The first-order chi connectivity index (χ1) is 11.5. The SMILES string of the molecule is CCCCO[P+](=O)On1c(=O)c2c(ncn2COCC)n(C)c1=O. The van der Waals surface area contributed by atoms with E-state index in [1.165, 1.54) is 17.9 Å². The van der Waals surface area contributed by atoms with E-state index in [9.17, 15) is 14.2 Å². The van der Waals surface area contributed by atoms with Gasteiger partial charge in [-0.25, -0.2) is 9.78 Å². The molecule has 0 bridgehead atoms. The minimum absolute atomic E-state index is 0.0968. The molecule has 0 saturated carbocycles. The summed E-state index contributed by atoms with van der Waals surface area (Å²) in [5, 5.41) is 0. The maximum Gasteiger partial charge on any atom is 0.771 e. The summed E-state index contributed by atoms with van der Waals surface area (Å²) in [7, 11) is -1.20. The van der Waals surface area contributed by atoms with Gasteiger partial charge < -0.3 is 9.30 Å². The highest BCUT2D eigenvalue weighted by Gasteiger charge is 2.27. The molecule has 0 radical (unpaired) electrons. The second-order valence-electron chi connectivity index (χ2n) is 4.94. The molecule has 0 aliphatic rings. The summed E-state index contributed by atoms with van der Waals surface area (Å²) >= 11 is 0. The van der Waals surface area contributed by atoms with Crippen LogP contribution >= 0.6 is 8.25 Å². The molecule has 1 atom stereocenters. The Morgan fingerprint density at radius 1 is 1.29 bits per heavy atom. The zero-order chi connectivity index (χ0) is 17.7. The molecule has 2 rings (SSSR count). The van der Waals surface area contributed by atoms with Crippen molar-refractivity contribution in [2.75, 3.05) is 13.2 Å². The molecule has 10 nitrogen and oxygen atoms in total. The Balaban J connectivity index is 2.41. The van der Waals surface area contributed by atoms with Crippen molar-refractivity contribution in [3.63, 3.8) is 0 Å². The molecule has 2 aromatic rings. The number of aryl methyl sites for hydroxylation is 1. The lowest BCUT2D eigenvalue weighted by Gasteiger charge is -2.05. The highest BCUT2D eigenvalue weighted by atomic mass is 31.1. The molecule has 11 heteroatoms. The van der Waals surface area contributed by atoms with Gasteiger partial charge in [0.2, 0.25) is 0 Å². The summed E-state index contributed by atoms with van der Waals surface area (Å²) in [5.74, 6) is 0. The van der Waals surface area contributed by atoms with E-state index in [1.807, 2.05) is 13.8 Å². The lowest BCUT2D eigenvalue weighted by molar-refractivity contribution is 0.0901. The number of imidazole rings is 1. The summed E-state index contributed by atoms with van der Waals surface area (Å²) in [5.41, 5.74) is -1.27. The number of ether oxygens (including phenoxy) is 1. The predicted molar refractivity (Wildman–Crippen MR) is 85.9 cm³/mol. The van der Waals surface area contributed by atoms with E-state index >= 15 is 0 Å². The molecule has 0 amide bonds. The number of fused-ring (bicyclic) bond motifs is 1. The minimum Gasteiger partial charge on any atom is -0.361 e. The largest absolute Gasteiger partial charge is 0.771 e. The topological polar surface area (TPSA) is 107 Å². The molecule has 0 saturated heterocycles. The van der Waals surface area contributed by atoms with Gasteiger partial charge in [0, 0.05) is 18.2 Å². The molecule has 0 fully saturated rings. The molecule has 0 N–H and O–H groups in total. The minimum atomic E-state index is -2.64. The molecule has 0 aliphatic carbocycles. The molecule has 2 aromatic heterocycles. The summed E-state index contributed by atoms with van der Waals surface area (Å²) in [6.45, 7) is 4.53. The smallest absolute Gasteiger partial charge is 0.361 e. The quantitative estimate of drug-likeness (QED) is 0.481. The van der Waals surface area contributed by atoms with Crippen LogP contribution in [0.2, 0.25) is 0 Å². The van der Waals surface area contributed by atoms with Crippen molar-refractivity contribution in [1.82, 2.24) is 18.8 Å². The van der Waals surface area contributed by atoms with E-state index < -0.39 is 19.5 Å². The van der Waals surface area contributed by atoms with Crippen LogP contribution in [0.1, 0.15) is 26.7 Å². The highest BCUT2D eigenvalue weighted by molar-refractivity contribution is 7.33. The van der Waals surface area contributed by atoms with Crippen molar-refractivity contribution in [3.8, 4) is 0 Å². The van der Waals surface area contributed by atoms with Crippen LogP contribution < -0.4 is 15.9 Å². The first kappa shape index (κ1) is 18.3. The van der Waals surface area contributed by atoms with E-state index in [-0.39, 0.29) is 24.5 Å². The molecule has 132 valence electrons. The fourth-order valence-electron chi connectivity index (χ4n) is 1.98. The number of hydrogen-bond donors (Lipinski definition) is 0. The van der Waals surface area contributed by atoms with Crippen LogP contribution in [0.15, 0.2) is 15.9 Å². The zero-order valence-corrected chi connectivity index (χ0v) is 14.7. The Labute approximate surface area is 138 Å². The average molecular weight is 359 g/mol. The Bertz CT molecular complexity index is 839. The second-order valence-corrected chi connectivity index (χ2v) is 5.81. The van der Waals surface area contributed by atoms with E-state index in [0.717, 1.165) is 11.0 Å². The van der Waals surface area contributed by atoms with Gasteiger partial charge in [-0.3, -0.25) is 9.36 Å².